The van der Waals surface area contributed by atoms with Crippen LogP contribution in [0.15, 0.2) is 28.7 Å². The molecule has 0 bridgehead atoms. The van der Waals surface area contributed by atoms with E-state index in [2.05, 4.69) is 15.9 Å². The maximum Gasteiger partial charge on any atom is 0.0950 e. The highest BCUT2D eigenvalue weighted by molar-refractivity contribution is 9.10. The second-order valence-corrected chi connectivity index (χ2v) is 4.38. The van der Waals surface area contributed by atoms with Crippen molar-refractivity contribution in [3.05, 3.63) is 34.3 Å². The quantitative estimate of drug-likeness (QED) is 0.901. The topological polar surface area (TPSA) is 35.2 Å². The predicted molar refractivity (Wildman–Crippen MR) is 62.2 cm³/mol. The van der Waals surface area contributed by atoms with Gasteiger partial charge in [0, 0.05) is 11.0 Å². The Kier molecular flexibility index (Phi) is 4.58. The largest absolute Gasteiger partial charge is 0.370 e. The zero-order chi connectivity index (χ0) is 10.6. The van der Waals surface area contributed by atoms with Crippen molar-refractivity contribution in [1.29, 1.82) is 0 Å². The van der Waals surface area contributed by atoms with Gasteiger partial charge in [-0.3, -0.25) is 0 Å². The summed E-state index contributed by atoms with van der Waals surface area (Å²) in [7, 11) is 0. The molecular formula is C11H16BrNO. The molecular weight excluding hydrogens is 242 g/mol. The molecule has 0 aromatic heterocycles. The van der Waals surface area contributed by atoms with Gasteiger partial charge >= 0.3 is 0 Å². The van der Waals surface area contributed by atoms with E-state index in [4.69, 9.17) is 10.5 Å². The molecule has 0 heterocycles. The van der Waals surface area contributed by atoms with Gasteiger partial charge in [-0.25, -0.2) is 0 Å². The van der Waals surface area contributed by atoms with E-state index >= 15 is 0 Å². The van der Waals surface area contributed by atoms with Gasteiger partial charge in [0.2, 0.25) is 0 Å². The zero-order valence-electron chi connectivity index (χ0n) is 8.53. The van der Waals surface area contributed by atoms with Crippen molar-refractivity contribution in [2.24, 2.45) is 5.73 Å². The molecule has 0 aliphatic heterocycles. The number of benzene rings is 1. The summed E-state index contributed by atoms with van der Waals surface area (Å²) < 4.78 is 6.76. The second kappa shape index (κ2) is 5.49. The summed E-state index contributed by atoms with van der Waals surface area (Å²) in [6, 6.07) is 8.07. The van der Waals surface area contributed by atoms with Gasteiger partial charge in [0.05, 0.1) is 12.2 Å². The maximum absolute atomic E-state index is 5.69. The number of hydrogen-bond donors (Lipinski definition) is 1. The summed E-state index contributed by atoms with van der Waals surface area (Å²) in [5.74, 6) is 0. The average Bonchev–Trinajstić information content (AvgIpc) is 2.15. The van der Waals surface area contributed by atoms with Crippen LogP contribution in [0.4, 0.5) is 0 Å². The van der Waals surface area contributed by atoms with Crippen LogP contribution in [-0.4, -0.2) is 12.6 Å². The first-order valence-corrected chi connectivity index (χ1v) is 5.53. The summed E-state index contributed by atoms with van der Waals surface area (Å²) in [5, 5.41) is 0. The van der Waals surface area contributed by atoms with Gasteiger partial charge in [0.15, 0.2) is 0 Å². The van der Waals surface area contributed by atoms with Crippen molar-refractivity contribution in [2.75, 3.05) is 6.54 Å². The van der Waals surface area contributed by atoms with Gasteiger partial charge < -0.3 is 10.5 Å². The molecule has 1 aromatic rings. The molecule has 0 saturated heterocycles. The lowest BCUT2D eigenvalue weighted by Crippen LogP contribution is -2.19. The molecule has 2 nitrogen and oxygen atoms in total. The third-order valence-electron chi connectivity index (χ3n) is 1.89. The number of hydrogen-bond acceptors (Lipinski definition) is 2. The third kappa shape index (κ3) is 3.40. The van der Waals surface area contributed by atoms with Gasteiger partial charge in [-0.05, 0) is 31.5 Å². The average molecular weight is 258 g/mol. The summed E-state index contributed by atoms with van der Waals surface area (Å²) in [4.78, 5) is 0. The van der Waals surface area contributed by atoms with Crippen molar-refractivity contribution in [2.45, 2.75) is 26.1 Å². The van der Waals surface area contributed by atoms with Crippen LogP contribution >= 0.6 is 15.9 Å². The molecule has 2 N–H and O–H groups in total. The van der Waals surface area contributed by atoms with Crippen LogP contribution in [0, 0.1) is 0 Å². The Morgan fingerprint density at radius 3 is 2.29 bits per heavy atom. The first kappa shape index (κ1) is 11.7. The van der Waals surface area contributed by atoms with Crippen LogP contribution < -0.4 is 5.73 Å². The van der Waals surface area contributed by atoms with E-state index in [1.54, 1.807) is 0 Å². The van der Waals surface area contributed by atoms with Crippen LogP contribution in [0.3, 0.4) is 0 Å². The molecule has 3 heteroatoms. The predicted octanol–water partition coefficient (Wildman–Crippen LogP) is 2.87. The molecule has 0 spiro atoms. The minimum absolute atomic E-state index is 0.00287. The standard InChI is InChI=1S/C11H16BrNO/c1-8(2)14-11(7-13)9-3-5-10(12)6-4-9/h3-6,8,11H,7,13H2,1-2H3. The van der Waals surface area contributed by atoms with Gasteiger partial charge in [-0.2, -0.15) is 0 Å². The Labute approximate surface area is 93.6 Å². The Morgan fingerprint density at radius 2 is 1.86 bits per heavy atom. The normalized spacial score (nSPS) is 13.2. The molecule has 1 aromatic carbocycles. The monoisotopic (exact) mass is 257 g/mol. The number of nitrogens with two attached hydrogens (primary N) is 1. The minimum atomic E-state index is 0.00287. The second-order valence-electron chi connectivity index (χ2n) is 3.46. The Morgan fingerprint density at radius 1 is 1.29 bits per heavy atom. The number of halogens is 1. The molecule has 0 aliphatic rings. The molecule has 14 heavy (non-hydrogen) atoms. The molecule has 0 saturated carbocycles. The van der Waals surface area contributed by atoms with E-state index < -0.39 is 0 Å². The molecule has 0 amide bonds. The van der Waals surface area contributed by atoms with E-state index in [9.17, 15) is 0 Å². The van der Waals surface area contributed by atoms with Gasteiger partial charge in [-0.1, -0.05) is 28.1 Å². The summed E-state index contributed by atoms with van der Waals surface area (Å²) in [5.41, 5.74) is 6.78. The highest BCUT2D eigenvalue weighted by Crippen LogP contribution is 2.20. The van der Waals surface area contributed by atoms with E-state index in [0.717, 1.165) is 10.0 Å². The molecule has 1 unspecified atom stereocenters. The van der Waals surface area contributed by atoms with Gasteiger partial charge in [0.25, 0.3) is 0 Å². The van der Waals surface area contributed by atoms with E-state index in [-0.39, 0.29) is 12.2 Å². The van der Waals surface area contributed by atoms with Crippen LogP contribution in [0.5, 0.6) is 0 Å². The van der Waals surface area contributed by atoms with Crippen molar-refractivity contribution >= 4 is 15.9 Å². The molecule has 0 fully saturated rings. The molecule has 0 radical (unpaired) electrons. The van der Waals surface area contributed by atoms with Crippen molar-refractivity contribution in [3.63, 3.8) is 0 Å². The lowest BCUT2D eigenvalue weighted by atomic mass is 10.1. The lowest BCUT2D eigenvalue weighted by Gasteiger charge is -2.19. The number of ether oxygens (including phenoxy) is 1. The Bertz CT molecular complexity index is 271. The molecule has 1 rings (SSSR count). The lowest BCUT2D eigenvalue weighted by molar-refractivity contribution is 0.0119. The third-order valence-corrected chi connectivity index (χ3v) is 2.42. The molecule has 1 atom stereocenters. The van der Waals surface area contributed by atoms with Crippen LogP contribution in [-0.2, 0) is 4.74 Å². The fourth-order valence-corrected chi connectivity index (χ4v) is 1.54. The zero-order valence-corrected chi connectivity index (χ0v) is 10.1. The molecule has 78 valence electrons. The fraction of sp³-hybridized carbons (Fsp3) is 0.455. The Hall–Kier alpha value is -0.380. The van der Waals surface area contributed by atoms with Crippen LogP contribution in [0.1, 0.15) is 25.5 Å². The SMILES string of the molecule is CC(C)OC(CN)c1ccc(Br)cc1. The van der Waals surface area contributed by atoms with Crippen molar-refractivity contribution in [3.8, 4) is 0 Å². The number of rotatable bonds is 4. The summed E-state index contributed by atoms with van der Waals surface area (Å²) in [6.45, 7) is 4.54. The highest BCUT2D eigenvalue weighted by atomic mass is 79.9. The smallest absolute Gasteiger partial charge is 0.0950 e. The van der Waals surface area contributed by atoms with Crippen molar-refractivity contribution < 1.29 is 4.74 Å². The summed E-state index contributed by atoms with van der Waals surface area (Å²) >= 11 is 3.40. The Balaban J connectivity index is 2.73. The van der Waals surface area contributed by atoms with E-state index in [0.29, 0.717) is 6.54 Å². The first-order chi connectivity index (χ1) is 6.63. The minimum Gasteiger partial charge on any atom is -0.370 e. The fourth-order valence-electron chi connectivity index (χ4n) is 1.28. The van der Waals surface area contributed by atoms with E-state index in [1.165, 1.54) is 0 Å². The summed E-state index contributed by atoms with van der Waals surface area (Å²) in [6.07, 6.45) is 0.204. The molecule has 0 aliphatic carbocycles. The maximum atomic E-state index is 5.69. The van der Waals surface area contributed by atoms with E-state index in [1.807, 2.05) is 38.1 Å². The first-order valence-electron chi connectivity index (χ1n) is 4.74. The van der Waals surface area contributed by atoms with Crippen LogP contribution in [0.2, 0.25) is 0 Å². The van der Waals surface area contributed by atoms with Crippen LogP contribution in [0.25, 0.3) is 0 Å². The van der Waals surface area contributed by atoms with Crippen molar-refractivity contribution in [1.82, 2.24) is 0 Å². The van der Waals surface area contributed by atoms with Gasteiger partial charge in [-0.15, -0.1) is 0 Å². The van der Waals surface area contributed by atoms with Gasteiger partial charge in [0.1, 0.15) is 0 Å². The highest BCUT2D eigenvalue weighted by Gasteiger charge is 2.11.